The summed E-state index contributed by atoms with van der Waals surface area (Å²) >= 11 is 0. The summed E-state index contributed by atoms with van der Waals surface area (Å²) in [6.07, 6.45) is 4.75. The lowest BCUT2D eigenvalue weighted by Crippen LogP contribution is -2.05. The molecule has 0 atom stereocenters. The Morgan fingerprint density at radius 1 is 1.64 bits per heavy atom. The number of aliphatic carboxylic acids is 1. The van der Waals surface area contributed by atoms with Crippen LogP contribution in [0.3, 0.4) is 0 Å². The quantitative estimate of drug-likeness (QED) is 0.439. The van der Waals surface area contributed by atoms with Crippen molar-refractivity contribution in [2.24, 2.45) is 0 Å². The average Bonchev–Trinajstić information content (AvgIpc) is 2.05. The molecule has 4 heteroatoms. The number of allylic oxidation sites excluding steroid dienone is 2. The van der Waals surface area contributed by atoms with Crippen molar-refractivity contribution in [2.45, 2.75) is 6.42 Å². The first-order valence-corrected chi connectivity index (χ1v) is 3.06. The normalized spacial score (nSPS) is 15.6. The van der Waals surface area contributed by atoms with Gasteiger partial charge in [-0.1, -0.05) is 6.08 Å². The third-order valence-corrected chi connectivity index (χ3v) is 1.36. The minimum Gasteiger partial charge on any atom is -0.478 e. The van der Waals surface area contributed by atoms with Gasteiger partial charge in [0.05, 0.1) is 12.0 Å². The zero-order valence-electron chi connectivity index (χ0n) is 5.69. The Hall–Kier alpha value is -1.67. The van der Waals surface area contributed by atoms with Gasteiger partial charge in [0.15, 0.2) is 0 Å². The van der Waals surface area contributed by atoms with Crippen molar-refractivity contribution in [3.8, 4) is 0 Å². The second-order valence-electron chi connectivity index (χ2n) is 2.09. The molecule has 1 aliphatic carbocycles. The average molecular weight is 150 g/mol. The van der Waals surface area contributed by atoms with Crippen molar-refractivity contribution in [3.63, 3.8) is 0 Å². The molecule has 1 aliphatic rings. The van der Waals surface area contributed by atoms with Crippen molar-refractivity contribution in [1.29, 1.82) is 0 Å². The molecule has 1 N–H and O–H groups in total. The van der Waals surface area contributed by atoms with Gasteiger partial charge in [0.2, 0.25) is 0 Å². The number of hydrogen-bond donors (Lipinski definition) is 1. The molecule has 0 radical (unpaired) electrons. The Labute approximate surface area is 63.1 Å². The maximum absolute atomic E-state index is 10.3. The highest BCUT2D eigenvalue weighted by Crippen LogP contribution is 2.06. The number of hydrogen-bond acceptors (Lipinski definition) is 1. The van der Waals surface area contributed by atoms with Crippen LogP contribution in [0.25, 0.3) is 5.53 Å². The molecule has 0 fully saturated rings. The predicted octanol–water partition coefficient (Wildman–Crippen LogP) is 0.628. The molecule has 11 heavy (non-hydrogen) atoms. The standard InChI is InChI=1S/C7H6N2O2/c8-9-6-3-1-5(2-4-6)7(10)11/h1-3H,4H2,(H,10,11). The van der Waals surface area contributed by atoms with Crippen LogP contribution < -0.4 is 0 Å². The van der Waals surface area contributed by atoms with Crippen LogP contribution in [0.2, 0.25) is 0 Å². The Morgan fingerprint density at radius 2 is 2.36 bits per heavy atom. The molecule has 0 spiro atoms. The van der Waals surface area contributed by atoms with E-state index in [-0.39, 0.29) is 5.57 Å². The van der Waals surface area contributed by atoms with E-state index in [1.54, 1.807) is 0 Å². The third-order valence-electron chi connectivity index (χ3n) is 1.36. The fourth-order valence-corrected chi connectivity index (χ4v) is 0.769. The highest BCUT2D eigenvalue weighted by molar-refractivity contribution is 5.99. The molecule has 56 valence electrons. The van der Waals surface area contributed by atoms with Gasteiger partial charge in [-0.05, 0) is 6.08 Å². The molecule has 0 unspecified atom stereocenters. The summed E-state index contributed by atoms with van der Waals surface area (Å²) in [7, 11) is 0. The molecule has 0 saturated heterocycles. The Kier molecular flexibility index (Phi) is 1.99. The van der Waals surface area contributed by atoms with Gasteiger partial charge in [-0.3, -0.25) is 0 Å². The van der Waals surface area contributed by atoms with E-state index in [0.717, 1.165) is 0 Å². The van der Waals surface area contributed by atoms with Gasteiger partial charge in [-0.25, -0.2) is 4.79 Å². The second kappa shape index (κ2) is 2.94. The molecule has 0 aromatic heterocycles. The SMILES string of the molecule is [N-]=[N+]=C1C=CC(C(=O)O)=CC1. The van der Waals surface area contributed by atoms with Crippen LogP contribution in [-0.4, -0.2) is 21.6 Å². The predicted molar refractivity (Wildman–Crippen MR) is 38.1 cm³/mol. The fourth-order valence-electron chi connectivity index (χ4n) is 0.769. The maximum Gasteiger partial charge on any atom is 0.335 e. The summed E-state index contributed by atoms with van der Waals surface area (Å²) in [6.45, 7) is 0. The monoisotopic (exact) mass is 150 g/mol. The highest BCUT2D eigenvalue weighted by Gasteiger charge is 2.11. The van der Waals surface area contributed by atoms with E-state index in [2.05, 4.69) is 4.79 Å². The largest absolute Gasteiger partial charge is 0.478 e. The van der Waals surface area contributed by atoms with Gasteiger partial charge >= 0.3 is 5.97 Å². The number of carbonyl (C=O) groups is 1. The molecule has 0 amide bonds. The van der Waals surface area contributed by atoms with Gasteiger partial charge in [0.25, 0.3) is 5.71 Å². The summed E-state index contributed by atoms with van der Waals surface area (Å²) in [5.41, 5.74) is 8.98. The van der Waals surface area contributed by atoms with E-state index >= 15 is 0 Å². The van der Waals surface area contributed by atoms with E-state index in [4.69, 9.17) is 10.6 Å². The molecular formula is C7H6N2O2. The smallest absolute Gasteiger partial charge is 0.335 e. The zero-order valence-corrected chi connectivity index (χ0v) is 5.69. The van der Waals surface area contributed by atoms with Gasteiger partial charge < -0.3 is 10.6 Å². The Bertz CT molecular complexity index is 296. The first-order valence-electron chi connectivity index (χ1n) is 3.06. The van der Waals surface area contributed by atoms with Crippen molar-refractivity contribution >= 4 is 11.7 Å². The van der Waals surface area contributed by atoms with Gasteiger partial charge in [-0.15, -0.1) is 0 Å². The van der Waals surface area contributed by atoms with Crippen molar-refractivity contribution in [2.75, 3.05) is 0 Å². The van der Waals surface area contributed by atoms with Gasteiger partial charge in [0, 0.05) is 6.08 Å². The van der Waals surface area contributed by atoms with E-state index in [1.165, 1.54) is 18.2 Å². The van der Waals surface area contributed by atoms with E-state index < -0.39 is 5.97 Å². The molecule has 4 nitrogen and oxygen atoms in total. The molecule has 0 heterocycles. The van der Waals surface area contributed by atoms with Crippen molar-refractivity contribution < 1.29 is 14.7 Å². The van der Waals surface area contributed by atoms with Crippen LogP contribution >= 0.6 is 0 Å². The zero-order chi connectivity index (χ0) is 8.27. The first kappa shape index (κ1) is 7.44. The number of rotatable bonds is 1. The van der Waals surface area contributed by atoms with Crippen LogP contribution in [0.5, 0.6) is 0 Å². The lowest BCUT2D eigenvalue weighted by Gasteiger charge is -1.96. The summed E-state index contributed by atoms with van der Waals surface area (Å²) in [4.78, 5) is 13.3. The minimum atomic E-state index is -0.960. The molecule has 0 bridgehead atoms. The molecule has 0 saturated carbocycles. The summed E-state index contributed by atoms with van der Waals surface area (Å²) in [5, 5.41) is 8.48. The lowest BCUT2D eigenvalue weighted by atomic mass is 10.1. The van der Waals surface area contributed by atoms with Crippen molar-refractivity contribution in [1.82, 2.24) is 0 Å². The van der Waals surface area contributed by atoms with E-state index in [0.29, 0.717) is 12.1 Å². The number of carboxylic acids is 1. The summed E-state index contributed by atoms with van der Waals surface area (Å²) in [5.74, 6) is -0.960. The van der Waals surface area contributed by atoms with E-state index in [9.17, 15) is 4.79 Å². The Balaban J connectivity index is 2.83. The lowest BCUT2D eigenvalue weighted by molar-refractivity contribution is -0.132. The molecular weight excluding hydrogens is 144 g/mol. The van der Waals surface area contributed by atoms with Crippen LogP contribution in [0, 0.1) is 0 Å². The highest BCUT2D eigenvalue weighted by atomic mass is 16.4. The summed E-state index contributed by atoms with van der Waals surface area (Å²) in [6, 6.07) is 0. The second-order valence-corrected chi connectivity index (χ2v) is 2.09. The minimum absolute atomic E-state index is 0.234. The Morgan fingerprint density at radius 3 is 2.73 bits per heavy atom. The number of carboxylic acid groups (broad SMARTS) is 1. The molecule has 1 rings (SSSR count). The molecule has 0 aliphatic heterocycles. The number of nitrogens with zero attached hydrogens (tertiary/aromatic N) is 2. The van der Waals surface area contributed by atoms with Crippen LogP contribution in [0.4, 0.5) is 0 Å². The van der Waals surface area contributed by atoms with Gasteiger partial charge in [-0.2, -0.15) is 4.79 Å². The molecule has 0 aromatic rings. The van der Waals surface area contributed by atoms with Crippen molar-refractivity contribution in [3.05, 3.63) is 29.3 Å². The van der Waals surface area contributed by atoms with Gasteiger partial charge in [0.1, 0.15) is 0 Å². The van der Waals surface area contributed by atoms with E-state index in [1.807, 2.05) is 0 Å². The van der Waals surface area contributed by atoms with Crippen LogP contribution in [-0.2, 0) is 4.79 Å². The fraction of sp³-hybridized carbons (Fsp3) is 0.143. The van der Waals surface area contributed by atoms with Crippen LogP contribution in [0.1, 0.15) is 6.42 Å². The first-order chi connectivity index (χ1) is 5.24. The third kappa shape index (κ3) is 1.63. The summed E-state index contributed by atoms with van der Waals surface area (Å²) < 4.78 is 0. The topological polar surface area (TPSA) is 73.7 Å². The molecule has 0 aromatic carbocycles. The van der Waals surface area contributed by atoms with Crippen LogP contribution in [0.15, 0.2) is 23.8 Å². The maximum atomic E-state index is 10.3.